The van der Waals surface area contributed by atoms with E-state index in [4.69, 9.17) is 4.74 Å². The Bertz CT molecular complexity index is 821. The van der Waals surface area contributed by atoms with Gasteiger partial charge in [-0.3, -0.25) is 9.69 Å². The monoisotopic (exact) mass is 340 g/mol. The number of carboxylic acids is 1. The van der Waals surface area contributed by atoms with Gasteiger partial charge in [-0.1, -0.05) is 36.4 Å². The van der Waals surface area contributed by atoms with Crippen LogP contribution in [-0.2, 0) is 15.1 Å². The van der Waals surface area contributed by atoms with E-state index in [9.17, 15) is 14.7 Å². The number of fused-ring (bicyclic) bond motifs is 1. The first kappa shape index (κ1) is 17.0. The number of anilines is 1. The molecule has 2 atom stereocenters. The smallest absolute Gasteiger partial charge is 0.328 e. The molecule has 1 aliphatic rings. The third kappa shape index (κ3) is 2.74. The number of hydrogen-bond donors (Lipinski definition) is 2. The fourth-order valence-corrected chi connectivity index (χ4v) is 2.96. The van der Waals surface area contributed by atoms with Crippen molar-refractivity contribution < 1.29 is 19.4 Å². The molecule has 2 aromatic carbocycles. The summed E-state index contributed by atoms with van der Waals surface area (Å²) in [6.07, 6.45) is -0.561. The second-order valence-electron chi connectivity index (χ2n) is 6.13. The van der Waals surface area contributed by atoms with Crippen LogP contribution in [-0.4, -0.2) is 24.0 Å². The van der Waals surface area contributed by atoms with Gasteiger partial charge < -0.3 is 15.2 Å². The van der Waals surface area contributed by atoms with E-state index in [1.54, 1.807) is 37.1 Å². The van der Waals surface area contributed by atoms with Crippen LogP contribution in [0.25, 0.3) is 0 Å². The van der Waals surface area contributed by atoms with Gasteiger partial charge in [0.15, 0.2) is 0 Å². The highest BCUT2D eigenvalue weighted by Crippen LogP contribution is 2.45. The second-order valence-corrected chi connectivity index (χ2v) is 6.13. The largest absolute Gasteiger partial charge is 0.480 e. The van der Waals surface area contributed by atoms with E-state index in [-0.39, 0.29) is 5.91 Å². The van der Waals surface area contributed by atoms with E-state index in [0.29, 0.717) is 17.0 Å². The molecule has 0 bridgehead atoms. The molecule has 6 nitrogen and oxygen atoms in total. The summed E-state index contributed by atoms with van der Waals surface area (Å²) in [5, 5.41) is 12.4. The van der Waals surface area contributed by atoms with Crippen molar-refractivity contribution >= 4 is 17.6 Å². The number of amides is 1. The van der Waals surface area contributed by atoms with E-state index in [1.807, 2.05) is 30.3 Å². The molecule has 2 unspecified atom stereocenters. The van der Waals surface area contributed by atoms with E-state index < -0.39 is 17.7 Å². The van der Waals surface area contributed by atoms with Crippen LogP contribution in [0.2, 0.25) is 0 Å². The summed E-state index contributed by atoms with van der Waals surface area (Å²) >= 11 is 0. The molecule has 1 heterocycles. The van der Waals surface area contributed by atoms with Gasteiger partial charge in [-0.25, -0.2) is 4.79 Å². The molecular formula is C19H20N2O4. The van der Waals surface area contributed by atoms with E-state index in [2.05, 4.69) is 5.32 Å². The summed E-state index contributed by atoms with van der Waals surface area (Å²) in [7, 11) is 1.59. The zero-order valence-corrected chi connectivity index (χ0v) is 14.3. The standard InChI is InChI=1S/C19H20N2O4/c1-12(22)21-15-11-14(19(2,20-3)18(23)24)9-10-16(15)25-17(21)13-7-5-4-6-8-13/h4-11,17,20H,1-3H3,(H,23,24). The molecule has 25 heavy (non-hydrogen) atoms. The normalized spacial score (nSPS) is 18.2. The number of nitrogens with zero attached hydrogens (tertiary/aromatic N) is 1. The predicted molar refractivity (Wildman–Crippen MR) is 93.5 cm³/mol. The van der Waals surface area contributed by atoms with Crippen LogP contribution in [0.5, 0.6) is 5.75 Å². The molecule has 0 radical (unpaired) electrons. The maximum Gasteiger partial charge on any atom is 0.328 e. The van der Waals surface area contributed by atoms with Crippen molar-refractivity contribution in [2.75, 3.05) is 11.9 Å². The first-order valence-electron chi connectivity index (χ1n) is 7.96. The maximum absolute atomic E-state index is 12.3. The number of rotatable bonds is 4. The average Bonchev–Trinajstić information content (AvgIpc) is 3.00. The molecule has 1 aliphatic heterocycles. The van der Waals surface area contributed by atoms with Gasteiger partial charge in [0.2, 0.25) is 12.1 Å². The average molecular weight is 340 g/mol. The minimum Gasteiger partial charge on any atom is -0.480 e. The number of nitrogens with one attached hydrogen (secondary N) is 1. The summed E-state index contributed by atoms with van der Waals surface area (Å²) in [4.78, 5) is 25.5. The Labute approximate surface area is 146 Å². The Morgan fingerprint density at radius 2 is 1.88 bits per heavy atom. The number of carbonyl (C=O) groups is 2. The van der Waals surface area contributed by atoms with Gasteiger partial charge in [-0.05, 0) is 31.7 Å². The summed E-state index contributed by atoms with van der Waals surface area (Å²) in [6.45, 7) is 3.05. The van der Waals surface area contributed by atoms with Crippen molar-refractivity contribution in [3.8, 4) is 5.75 Å². The molecule has 0 saturated heterocycles. The van der Waals surface area contributed by atoms with E-state index >= 15 is 0 Å². The molecule has 3 rings (SSSR count). The van der Waals surface area contributed by atoms with Crippen molar-refractivity contribution in [1.82, 2.24) is 5.32 Å². The zero-order valence-electron chi connectivity index (χ0n) is 14.3. The van der Waals surface area contributed by atoms with Gasteiger partial charge in [-0.15, -0.1) is 0 Å². The molecule has 0 aromatic heterocycles. The summed E-state index contributed by atoms with van der Waals surface area (Å²) in [5.41, 5.74) is 0.707. The molecule has 130 valence electrons. The highest BCUT2D eigenvalue weighted by molar-refractivity contribution is 5.95. The van der Waals surface area contributed by atoms with Crippen molar-refractivity contribution in [1.29, 1.82) is 0 Å². The lowest BCUT2D eigenvalue weighted by molar-refractivity contribution is -0.144. The molecule has 0 aliphatic carbocycles. The second kappa shape index (κ2) is 6.22. The van der Waals surface area contributed by atoms with Crippen molar-refractivity contribution in [2.45, 2.75) is 25.6 Å². The highest BCUT2D eigenvalue weighted by atomic mass is 16.5. The van der Waals surface area contributed by atoms with Crippen LogP contribution < -0.4 is 15.0 Å². The Morgan fingerprint density at radius 1 is 1.20 bits per heavy atom. The molecule has 0 fully saturated rings. The number of carbonyl (C=O) groups excluding carboxylic acids is 1. The fraction of sp³-hybridized carbons (Fsp3) is 0.263. The predicted octanol–water partition coefficient (Wildman–Crippen LogP) is 2.65. The molecule has 0 spiro atoms. The zero-order chi connectivity index (χ0) is 18.2. The fourth-order valence-electron chi connectivity index (χ4n) is 2.96. The van der Waals surface area contributed by atoms with Crippen LogP contribution in [0, 0.1) is 0 Å². The van der Waals surface area contributed by atoms with Gasteiger partial charge in [0.25, 0.3) is 0 Å². The number of ether oxygens (including phenoxy) is 1. The number of hydrogen-bond acceptors (Lipinski definition) is 4. The Morgan fingerprint density at radius 3 is 2.44 bits per heavy atom. The minimum absolute atomic E-state index is 0.175. The van der Waals surface area contributed by atoms with Gasteiger partial charge in [0, 0.05) is 12.5 Å². The number of carboxylic acid groups (broad SMARTS) is 1. The Hall–Kier alpha value is -2.86. The maximum atomic E-state index is 12.3. The van der Waals surface area contributed by atoms with Gasteiger partial charge in [-0.2, -0.15) is 0 Å². The Balaban J connectivity index is 2.08. The van der Waals surface area contributed by atoms with Gasteiger partial charge >= 0.3 is 5.97 Å². The van der Waals surface area contributed by atoms with Crippen LogP contribution in [0.3, 0.4) is 0 Å². The van der Waals surface area contributed by atoms with Crippen molar-refractivity contribution in [3.05, 3.63) is 59.7 Å². The molecule has 6 heteroatoms. The lowest BCUT2D eigenvalue weighted by Crippen LogP contribution is -2.44. The van der Waals surface area contributed by atoms with E-state index in [0.717, 1.165) is 5.56 Å². The lowest BCUT2D eigenvalue weighted by atomic mass is 9.91. The van der Waals surface area contributed by atoms with Crippen LogP contribution in [0.15, 0.2) is 48.5 Å². The lowest BCUT2D eigenvalue weighted by Gasteiger charge is -2.26. The highest BCUT2D eigenvalue weighted by Gasteiger charge is 2.39. The molecular weight excluding hydrogens is 320 g/mol. The van der Waals surface area contributed by atoms with E-state index in [1.165, 1.54) is 6.92 Å². The van der Waals surface area contributed by atoms with Crippen molar-refractivity contribution in [3.63, 3.8) is 0 Å². The minimum atomic E-state index is -1.26. The first-order chi connectivity index (χ1) is 11.9. The van der Waals surface area contributed by atoms with Crippen LogP contribution in [0.1, 0.15) is 31.2 Å². The molecule has 2 N–H and O–H groups in total. The summed E-state index contributed by atoms with van der Waals surface area (Å²) in [5.74, 6) is -0.620. The quantitative estimate of drug-likeness (QED) is 0.894. The molecule has 2 aromatic rings. The third-order valence-corrected chi connectivity index (χ3v) is 4.62. The summed E-state index contributed by atoms with van der Waals surface area (Å²) in [6, 6.07) is 14.6. The van der Waals surface area contributed by atoms with Crippen LogP contribution in [0.4, 0.5) is 5.69 Å². The molecule has 0 saturated carbocycles. The Kier molecular flexibility index (Phi) is 4.22. The number of aliphatic carboxylic acids is 1. The van der Waals surface area contributed by atoms with Crippen LogP contribution >= 0.6 is 0 Å². The number of benzene rings is 2. The third-order valence-electron chi connectivity index (χ3n) is 4.62. The topological polar surface area (TPSA) is 78.9 Å². The SMILES string of the molecule is CNC(C)(C(=O)O)c1ccc2c(c1)N(C(C)=O)C(c1ccccc1)O2. The van der Waals surface area contributed by atoms with Gasteiger partial charge in [0.1, 0.15) is 11.3 Å². The van der Waals surface area contributed by atoms with Crippen molar-refractivity contribution in [2.24, 2.45) is 0 Å². The van der Waals surface area contributed by atoms with Gasteiger partial charge in [0.05, 0.1) is 5.69 Å². The number of likely N-dealkylation sites (N-methyl/N-ethyl adjacent to an activating group) is 1. The summed E-state index contributed by atoms with van der Waals surface area (Å²) < 4.78 is 5.97. The molecule has 1 amide bonds. The first-order valence-corrected chi connectivity index (χ1v) is 7.96.